The average Bonchev–Trinajstić information content (AvgIpc) is 2.97. The van der Waals surface area contributed by atoms with Gasteiger partial charge in [0.1, 0.15) is 5.82 Å². The van der Waals surface area contributed by atoms with Gasteiger partial charge in [0.25, 0.3) is 5.91 Å². The number of halogens is 3. The Morgan fingerprint density at radius 3 is 2.67 bits per heavy atom. The third kappa shape index (κ3) is 3.45. The predicted molar refractivity (Wildman–Crippen MR) is 82.0 cm³/mol. The second-order valence-electron chi connectivity index (χ2n) is 5.08. The van der Waals surface area contributed by atoms with Gasteiger partial charge in [-0.2, -0.15) is 5.10 Å². The molecule has 1 amide bonds. The standard InChI is InChI=1S/C17H12F3N3O/c18-12-4-1-3-11(9-12)10-23-8-7-15(22-23)21-17(24)13-5-2-6-14(19)16(13)20/h1-9H,10H2,(H,21,22,24). The molecule has 1 N–H and O–H groups in total. The Morgan fingerprint density at radius 2 is 1.88 bits per heavy atom. The molecule has 0 aliphatic heterocycles. The molecule has 24 heavy (non-hydrogen) atoms. The van der Waals surface area contributed by atoms with E-state index in [1.807, 2.05) is 0 Å². The molecule has 0 spiro atoms. The van der Waals surface area contributed by atoms with Crippen molar-refractivity contribution in [2.45, 2.75) is 6.54 Å². The Bertz CT molecular complexity index is 892. The lowest BCUT2D eigenvalue weighted by molar-refractivity contribution is 0.102. The van der Waals surface area contributed by atoms with Crippen LogP contribution in [0.3, 0.4) is 0 Å². The van der Waals surface area contributed by atoms with Crippen LogP contribution < -0.4 is 5.32 Å². The van der Waals surface area contributed by atoms with Crippen LogP contribution in [0, 0.1) is 17.5 Å². The predicted octanol–water partition coefficient (Wildman–Crippen LogP) is 3.60. The minimum Gasteiger partial charge on any atom is -0.305 e. The Labute approximate surface area is 135 Å². The van der Waals surface area contributed by atoms with Gasteiger partial charge in [0.2, 0.25) is 0 Å². The Hall–Kier alpha value is -3.09. The Morgan fingerprint density at radius 1 is 1.08 bits per heavy atom. The van der Waals surface area contributed by atoms with E-state index in [0.29, 0.717) is 12.1 Å². The van der Waals surface area contributed by atoms with Gasteiger partial charge in [0.15, 0.2) is 17.5 Å². The lowest BCUT2D eigenvalue weighted by Crippen LogP contribution is -2.15. The highest BCUT2D eigenvalue weighted by atomic mass is 19.2. The summed E-state index contributed by atoms with van der Waals surface area (Å²) in [5.74, 6) is -3.29. The van der Waals surface area contributed by atoms with E-state index in [1.54, 1.807) is 18.3 Å². The monoisotopic (exact) mass is 331 g/mol. The minimum absolute atomic E-state index is 0.181. The molecule has 0 saturated carbocycles. The number of hydrogen-bond acceptors (Lipinski definition) is 2. The second kappa shape index (κ2) is 6.57. The maximum atomic E-state index is 13.6. The van der Waals surface area contributed by atoms with Crippen LogP contribution in [0.4, 0.5) is 19.0 Å². The molecule has 1 heterocycles. The highest BCUT2D eigenvalue weighted by Gasteiger charge is 2.16. The fourth-order valence-electron chi connectivity index (χ4n) is 2.20. The van der Waals surface area contributed by atoms with Gasteiger partial charge in [-0.1, -0.05) is 18.2 Å². The van der Waals surface area contributed by atoms with Crippen molar-refractivity contribution in [1.82, 2.24) is 9.78 Å². The fourth-order valence-corrected chi connectivity index (χ4v) is 2.20. The number of hydrogen-bond donors (Lipinski definition) is 1. The second-order valence-corrected chi connectivity index (χ2v) is 5.08. The molecule has 0 saturated heterocycles. The number of amides is 1. The number of anilines is 1. The van der Waals surface area contributed by atoms with Crippen molar-refractivity contribution in [3.8, 4) is 0 Å². The topological polar surface area (TPSA) is 46.9 Å². The molecule has 2 aromatic carbocycles. The largest absolute Gasteiger partial charge is 0.305 e. The molecular weight excluding hydrogens is 319 g/mol. The van der Waals surface area contributed by atoms with E-state index in [-0.39, 0.29) is 11.6 Å². The van der Waals surface area contributed by atoms with Crippen molar-refractivity contribution in [2.75, 3.05) is 5.32 Å². The molecule has 3 aromatic rings. The van der Waals surface area contributed by atoms with Gasteiger partial charge >= 0.3 is 0 Å². The number of carbonyl (C=O) groups excluding carboxylic acids is 1. The van der Waals surface area contributed by atoms with E-state index in [1.165, 1.54) is 35.0 Å². The van der Waals surface area contributed by atoms with Gasteiger partial charge in [-0.15, -0.1) is 0 Å². The summed E-state index contributed by atoms with van der Waals surface area (Å²) in [6, 6.07) is 10.9. The molecule has 0 aliphatic carbocycles. The maximum Gasteiger partial charge on any atom is 0.259 e. The summed E-state index contributed by atoms with van der Waals surface area (Å²) in [4.78, 5) is 12.0. The van der Waals surface area contributed by atoms with Crippen LogP contribution in [0.1, 0.15) is 15.9 Å². The highest BCUT2D eigenvalue weighted by Crippen LogP contribution is 2.14. The number of nitrogens with zero attached hydrogens (tertiary/aromatic N) is 2. The molecule has 7 heteroatoms. The van der Waals surface area contributed by atoms with Crippen molar-refractivity contribution >= 4 is 11.7 Å². The summed E-state index contributed by atoms with van der Waals surface area (Å²) in [7, 11) is 0. The molecule has 122 valence electrons. The summed E-state index contributed by atoms with van der Waals surface area (Å²) in [6.07, 6.45) is 1.59. The van der Waals surface area contributed by atoms with Gasteiger partial charge in [0, 0.05) is 12.3 Å². The van der Waals surface area contributed by atoms with Gasteiger partial charge in [-0.05, 0) is 29.8 Å². The summed E-state index contributed by atoms with van der Waals surface area (Å²) in [6.45, 7) is 0.307. The van der Waals surface area contributed by atoms with E-state index in [2.05, 4.69) is 10.4 Å². The third-order valence-electron chi connectivity index (χ3n) is 3.31. The van der Waals surface area contributed by atoms with Crippen LogP contribution in [-0.2, 0) is 6.54 Å². The molecular formula is C17H12F3N3O. The zero-order valence-electron chi connectivity index (χ0n) is 12.3. The zero-order valence-corrected chi connectivity index (χ0v) is 12.3. The maximum absolute atomic E-state index is 13.6. The lowest BCUT2D eigenvalue weighted by Gasteiger charge is -2.04. The SMILES string of the molecule is O=C(Nc1ccn(Cc2cccc(F)c2)n1)c1cccc(F)c1F. The van der Waals surface area contributed by atoms with Crippen LogP contribution >= 0.6 is 0 Å². The molecule has 0 unspecified atom stereocenters. The highest BCUT2D eigenvalue weighted by molar-refractivity contribution is 6.03. The van der Waals surface area contributed by atoms with E-state index < -0.39 is 23.1 Å². The van der Waals surface area contributed by atoms with Crippen molar-refractivity contribution in [2.24, 2.45) is 0 Å². The first-order valence-electron chi connectivity index (χ1n) is 7.06. The molecule has 0 bridgehead atoms. The van der Waals surface area contributed by atoms with Crippen LogP contribution in [0.25, 0.3) is 0 Å². The van der Waals surface area contributed by atoms with E-state index in [0.717, 1.165) is 6.07 Å². The van der Waals surface area contributed by atoms with E-state index >= 15 is 0 Å². The van der Waals surface area contributed by atoms with E-state index in [4.69, 9.17) is 0 Å². The number of nitrogens with one attached hydrogen (secondary N) is 1. The molecule has 4 nitrogen and oxygen atoms in total. The van der Waals surface area contributed by atoms with Crippen molar-refractivity contribution < 1.29 is 18.0 Å². The molecule has 3 rings (SSSR count). The Kier molecular flexibility index (Phi) is 4.33. The number of rotatable bonds is 4. The Balaban J connectivity index is 1.72. The number of benzene rings is 2. The molecule has 0 fully saturated rings. The van der Waals surface area contributed by atoms with Gasteiger partial charge in [0.05, 0.1) is 12.1 Å². The quantitative estimate of drug-likeness (QED) is 0.794. The van der Waals surface area contributed by atoms with Crippen LogP contribution in [-0.4, -0.2) is 15.7 Å². The third-order valence-corrected chi connectivity index (χ3v) is 3.31. The van der Waals surface area contributed by atoms with Crippen LogP contribution in [0.5, 0.6) is 0 Å². The van der Waals surface area contributed by atoms with Crippen molar-refractivity contribution in [1.29, 1.82) is 0 Å². The summed E-state index contributed by atoms with van der Waals surface area (Å²) >= 11 is 0. The number of carbonyl (C=O) groups is 1. The summed E-state index contributed by atoms with van der Waals surface area (Å²) in [5, 5.41) is 6.49. The normalized spacial score (nSPS) is 10.6. The molecule has 0 atom stereocenters. The van der Waals surface area contributed by atoms with Gasteiger partial charge in [-0.25, -0.2) is 13.2 Å². The lowest BCUT2D eigenvalue weighted by atomic mass is 10.2. The first-order chi connectivity index (χ1) is 11.5. The summed E-state index contributed by atoms with van der Waals surface area (Å²) in [5.41, 5.74) is 0.293. The van der Waals surface area contributed by atoms with E-state index in [9.17, 15) is 18.0 Å². The minimum atomic E-state index is -1.21. The molecule has 0 radical (unpaired) electrons. The van der Waals surface area contributed by atoms with Gasteiger partial charge in [-0.3, -0.25) is 9.48 Å². The molecule has 0 aliphatic rings. The fraction of sp³-hybridized carbons (Fsp3) is 0.0588. The molecule has 1 aromatic heterocycles. The van der Waals surface area contributed by atoms with Crippen molar-refractivity contribution in [3.63, 3.8) is 0 Å². The van der Waals surface area contributed by atoms with Gasteiger partial charge < -0.3 is 5.32 Å². The van der Waals surface area contributed by atoms with Crippen LogP contribution in [0.15, 0.2) is 54.7 Å². The van der Waals surface area contributed by atoms with Crippen molar-refractivity contribution in [3.05, 3.63) is 83.3 Å². The smallest absolute Gasteiger partial charge is 0.259 e. The summed E-state index contributed by atoms with van der Waals surface area (Å²) < 4.78 is 41.4. The first-order valence-corrected chi connectivity index (χ1v) is 7.06. The zero-order chi connectivity index (χ0) is 17.1. The average molecular weight is 331 g/mol. The first kappa shape index (κ1) is 15.8. The number of aromatic nitrogens is 2. The van der Waals surface area contributed by atoms with Crippen LogP contribution in [0.2, 0.25) is 0 Å².